The van der Waals surface area contributed by atoms with Crippen molar-refractivity contribution in [3.63, 3.8) is 0 Å². The SMILES string of the molecule is Cc1ccc(F)c(Cl)c1CC(C)(C)C(=O)O. The normalized spacial score (nSPS) is 11.6. The van der Waals surface area contributed by atoms with Crippen LogP contribution in [0.3, 0.4) is 0 Å². The largest absolute Gasteiger partial charge is 0.481 e. The molecule has 1 N–H and O–H groups in total. The summed E-state index contributed by atoms with van der Waals surface area (Å²) in [5.41, 5.74) is 0.414. The average Bonchev–Trinajstić information content (AvgIpc) is 2.18. The smallest absolute Gasteiger partial charge is 0.309 e. The van der Waals surface area contributed by atoms with Crippen LogP contribution in [0.1, 0.15) is 25.0 Å². The molecule has 0 unspecified atom stereocenters. The zero-order valence-corrected chi connectivity index (χ0v) is 10.2. The van der Waals surface area contributed by atoms with E-state index in [0.29, 0.717) is 5.56 Å². The second kappa shape index (κ2) is 4.42. The first-order chi connectivity index (χ1) is 7.25. The van der Waals surface area contributed by atoms with E-state index in [-0.39, 0.29) is 11.4 Å². The predicted octanol–water partition coefficient (Wildman–Crippen LogP) is 3.44. The molecule has 0 heterocycles. The minimum atomic E-state index is -0.956. The van der Waals surface area contributed by atoms with Gasteiger partial charge in [0.2, 0.25) is 0 Å². The van der Waals surface area contributed by atoms with Crippen LogP contribution >= 0.6 is 11.6 Å². The van der Waals surface area contributed by atoms with Gasteiger partial charge in [-0.2, -0.15) is 0 Å². The van der Waals surface area contributed by atoms with E-state index >= 15 is 0 Å². The van der Waals surface area contributed by atoms with E-state index in [9.17, 15) is 9.18 Å². The summed E-state index contributed by atoms with van der Waals surface area (Å²) in [5, 5.41) is 9.04. The number of aryl methyl sites for hydroxylation is 1. The molecule has 0 aliphatic carbocycles. The molecule has 0 spiro atoms. The number of carboxylic acids is 1. The van der Waals surface area contributed by atoms with Crippen LogP contribution in [0, 0.1) is 18.2 Å². The molecular formula is C12H14ClFO2. The van der Waals surface area contributed by atoms with Crippen molar-refractivity contribution in [2.24, 2.45) is 5.41 Å². The molecule has 0 amide bonds. The molecule has 1 rings (SSSR count). The Morgan fingerprint density at radius 2 is 2.06 bits per heavy atom. The van der Waals surface area contributed by atoms with Crippen molar-refractivity contribution in [1.82, 2.24) is 0 Å². The maximum Gasteiger partial charge on any atom is 0.309 e. The van der Waals surface area contributed by atoms with Gasteiger partial charge in [0, 0.05) is 0 Å². The first kappa shape index (κ1) is 13.0. The molecule has 0 saturated carbocycles. The minimum absolute atomic E-state index is 0.0225. The third-order valence-electron chi connectivity index (χ3n) is 2.63. The molecule has 0 fully saturated rings. The summed E-state index contributed by atoms with van der Waals surface area (Å²) in [4.78, 5) is 11.0. The highest BCUT2D eigenvalue weighted by Crippen LogP contribution is 2.30. The Bertz CT molecular complexity index is 427. The predicted molar refractivity (Wildman–Crippen MR) is 61.3 cm³/mol. The fourth-order valence-corrected chi connectivity index (χ4v) is 1.70. The second-order valence-corrected chi connectivity index (χ2v) is 4.90. The number of carbonyl (C=O) groups is 1. The number of benzene rings is 1. The Balaban J connectivity index is 3.15. The number of rotatable bonds is 3. The lowest BCUT2D eigenvalue weighted by atomic mass is 9.84. The average molecular weight is 245 g/mol. The summed E-state index contributed by atoms with van der Waals surface area (Å²) < 4.78 is 13.3. The summed E-state index contributed by atoms with van der Waals surface area (Å²) in [7, 11) is 0. The zero-order valence-electron chi connectivity index (χ0n) is 9.47. The molecular weight excluding hydrogens is 231 g/mol. The van der Waals surface area contributed by atoms with Crippen molar-refractivity contribution in [3.05, 3.63) is 34.1 Å². The highest BCUT2D eigenvalue weighted by atomic mass is 35.5. The van der Waals surface area contributed by atoms with Crippen molar-refractivity contribution >= 4 is 17.6 Å². The van der Waals surface area contributed by atoms with Gasteiger partial charge in [-0.1, -0.05) is 17.7 Å². The van der Waals surface area contributed by atoms with Gasteiger partial charge in [-0.25, -0.2) is 4.39 Å². The van der Waals surface area contributed by atoms with E-state index in [2.05, 4.69) is 0 Å². The first-order valence-corrected chi connectivity index (χ1v) is 5.30. The molecule has 4 heteroatoms. The van der Waals surface area contributed by atoms with Crippen LogP contribution in [-0.2, 0) is 11.2 Å². The van der Waals surface area contributed by atoms with Gasteiger partial charge in [-0.3, -0.25) is 4.79 Å². The number of carboxylic acid groups (broad SMARTS) is 1. The highest BCUT2D eigenvalue weighted by molar-refractivity contribution is 6.31. The fourth-order valence-electron chi connectivity index (χ4n) is 1.42. The van der Waals surface area contributed by atoms with Crippen LogP contribution in [0.5, 0.6) is 0 Å². The van der Waals surface area contributed by atoms with Gasteiger partial charge in [-0.05, 0) is 44.4 Å². The molecule has 1 aromatic carbocycles. The maximum atomic E-state index is 13.3. The van der Waals surface area contributed by atoms with Gasteiger partial charge in [0.15, 0.2) is 0 Å². The van der Waals surface area contributed by atoms with Crippen LogP contribution in [-0.4, -0.2) is 11.1 Å². The second-order valence-electron chi connectivity index (χ2n) is 4.52. The number of halogens is 2. The molecule has 0 atom stereocenters. The van der Waals surface area contributed by atoms with Gasteiger partial charge in [0.25, 0.3) is 0 Å². The van der Waals surface area contributed by atoms with Gasteiger partial charge in [0.05, 0.1) is 10.4 Å². The lowest BCUT2D eigenvalue weighted by molar-refractivity contribution is -0.146. The van der Waals surface area contributed by atoms with Gasteiger partial charge >= 0.3 is 5.97 Å². The van der Waals surface area contributed by atoms with E-state index in [1.807, 2.05) is 0 Å². The Morgan fingerprint density at radius 1 is 1.50 bits per heavy atom. The topological polar surface area (TPSA) is 37.3 Å². The number of aliphatic carboxylic acids is 1. The van der Waals surface area contributed by atoms with Gasteiger partial charge in [-0.15, -0.1) is 0 Å². The number of hydrogen-bond donors (Lipinski definition) is 1. The molecule has 0 bridgehead atoms. The third kappa shape index (κ3) is 2.53. The van der Waals surface area contributed by atoms with Gasteiger partial charge in [0.1, 0.15) is 5.82 Å². The first-order valence-electron chi connectivity index (χ1n) is 4.92. The molecule has 1 aromatic rings. The summed E-state index contributed by atoms with van der Waals surface area (Å²) in [6.45, 7) is 4.98. The molecule has 0 aromatic heterocycles. The van der Waals surface area contributed by atoms with E-state index in [4.69, 9.17) is 16.7 Å². The summed E-state index contributed by atoms with van der Waals surface area (Å²) in [5.74, 6) is -1.43. The highest BCUT2D eigenvalue weighted by Gasteiger charge is 2.29. The minimum Gasteiger partial charge on any atom is -0.481 e. The Kier molecular flexibility index (Phi) is 3.58. The van der Waals surface area contributed by atoms with Crippen LogP contribution in [0.15, 0.2) is 12.1 Å². The lowest BCUT2D eigenvalue weighted by Crippen LogP contribution is -2.26. The molecule has 16 heavy (non-hydrogen) atoms. The van der Waals surface area contributed by atoms with Crippen LogP contribution in [0.25, 0.3) is 0 Å². The van der Waals surface area contributed by atoms with Crippen LogP contribution in [0.2, 0.25) is 5.02 Å². The van der Waals surface area contributed by atoms with Crippen LogP contribution < -0.4 is 0 Å². The van der Waals surface area contributed by atoms with E-state index in [0.717, 1.165) is 5.56 Å². The van der Waals surface area contributed by atoms with Crippen molar-refractivity contribution < 1.29 is 14.3 Å². The monoisotopic (exact) mass is 244 g/mol. The third-order valence-corrected chi connectivity index (χ3v) is 3.04. The quantitative estimate of drug-likeness (QED) is 0.884. The van der Waals surface area contributed by atoms with E-state index < -0.39 is 17.2 Å². The van der Waals surface area contributed by atoms with Crippen molar-refractivity contribution in [3.8, 4) is 0 Å². The van der Waals surface area contributed by atoms with E-state index in [1.165, 1.54) is 6.07 Å². The van der Waals surface area contributed by atoms with Crippen molar-refractivity contribution in [2.45, 2.75) is 27.2 Å². The molecule has 88 valence electrons. The zero-order chi connectivity index (χ0) is 12.5. The van der Waals surface area contributed by atoms with Gasteiger partial charge < -0.3 is 5.11 Å². The maximum absolute atomic E-state index is 13.3. The lowest BCUT2D eigenvalue weighted by Gasteiger charge is -2.21. The molecule has 0 saturated heterocycles. The summed E-state index contributed by atoms with van der Waals surface area (Å²) in [6.07, 6.45) is 0.213. The molecule has 2 nitrogen and oxygen atoms in total. The van der Waals surface area contributed by atoms with E-state index in [1.54, 1.807) is 26.8 Å². The Labute approximate surface area is 99.0 Å². The summed E-state index contributed by atoms with van der Waals surface area (Å²) in [6, 6.07) is 2.89. The molecule has 0 aliphatic heterocycles. The molecule has 0 aliphatic rings. The Hall–Kier alpha value is -1.09. The molecule has 0 radical (unpaired) electrons. The number of hydrogen-bond acceptors (Lipinski definition) is 1. The van der Waals surface area contributed by atoms with Crippen molar-refractivity contribution in [2.75, 3.05) is 0 Å². The fraction of sp³-hybridized carbons (Fsp3) is 0.417. The Morgan fingerprint density at radius 3 is 2.56 bits per heavy atom. The standard InChI is InChI=1S/C12H14ClFO2/c1-7-4-5-9(14)10(13)8(7)6-12(2,3)11(15)16/h4-5H,6H2,1-3H3,(H,15,16). The van der Waals surface area contributed by atoms with Crippen LogP contribution in [0.4, 0.5) is 4.39 Å². The van der Waals surface area contributed by atoms with Crippen molar-refractivity contribution in [1.29, 1.82) is 0 Å². The summed E-state index contributed by atoms with van der Waals surface area (Å²) >= 11 is 5.84.